The van der Waals surface area contributed by atoms with E-state index in [0.717, 1.165) is 26.2 Å². The van der Waals surface area contributed by atoms with Gasteiger partial charge in [-0.2, -0.15) is 0 Å². The van der Waals surface area contributed by atoms with Crippen molar-refractivity contribution >= 4 is 17.9 Å². The molecule has 0 bridgehead atoms. The molecule has 8 heteroatoms. The highest BCUT2D eigenvalue weighted by molar-refractivity contribution is 5.89. The molecule has 0 amide bonds. The standard InChI is InChI=1S/C25H38N2O6/c1-4-9-22(28)31-18-25(5-2,20-33-24(30)21-10-7-6-8-11-21)19-32-23(29)12-13-27-16-14-26(3)15-17-27/h6-8,10-11H,4-5,9,12-20H2,1-3H3. The van der Waals surface area contributed by atoms with Crippen LogP contribution in [0.5, 0.6) is 0 Å². The van der Waals surface area contributed by atoms with Crippen molar-refractivity contribution < 1.29 is 28.6 Å². The van der Waals surface area contributed by atoms with Crippen LogP contribution in [0.3, 0.4) is 0 Å². The fourth-order valence-electron chi connectivity index (χ4n) is 3.44. The third-order valence-electron chi connectivity index (χ3n) is 6.03. The van der Waals surface area contributed by atoms with Gasteiger partial charge in [0.2, 0.25) is 0 Å². The van der Waals surface area contributed by atoms with Gasteiger partial charge in [-0.05, 0) is 32.0 Å². The molecule has 184 valence electrons. The quantitative estimate of drug-likeness (QED) is 0.327. The summed E-state index contributed by atoms with van der Waals surface area (Å²) in [7, 11) is 2.09. The molecule has 1 unspecified atom stereocenters. The number of carbonyl (C=O) groups is 3. The summed E-state index contributed by atoms with van der Waals surface area (Å²) >= 11 is 0. The van der Waals surface area contributed by atoms with E-state index in [1.165, 1.54) is 0 Å². The summed E-state index contributed by atoms with van der Waals surface area (Å²) in [4.78, 5) is 41.4. The highest BCUT2D eigenvalue weighted by Gasteiger charge is 2.34. The van der Waals surface area contributed by atoms with Crippen LogP contribution in [-0.4, -0.2) is 87.3 Å². The van der Waals surface area contributed by atoms with Gasteiger partial charge in [0.1, 0.15) is 19.8 Å². The average molecular weight is 463 g/mol. The largest absolute Gasteiger partial charge is 0.465 e. The minimum atomic E-state index is -0.794. The van der Waals surface area contributed by atoms with Gasteiger partial charge in [0, 0.05) is 39.1 Å². The van der Waals surface area contributed by atoms with Crippen LogP contribution in [0, 0.1) is 5.41 Å². The van der Waals surface area contributed by atoms with Crippen molar-refractivity contribution in [1.29, 1.82) is 0 Å². The van der Waals surface area contributed by atoms with Crippen molar-refractivity contribution in [3.8, 4) is 0 Å². The second-order valence-corrected chi connectivity index (χ2v) is 8.76. The number of esters is 3. The third-order valence-corrected chi connectivity index (χ3v) is 6.03. The second-order valence-electron chi connectivity index (χ2n) is 8.76. The Morgan fingerprint density at radius 1 is 0.848 bits per heavy atom. The third kappa shape index (κ3) is 9.52. The number of hydrogen-bond acceptors (Lipinski definition) is 8. The molecule has 1 atom stereocenters. The Labute approximate surface area is 197 Å². The number of benzene rings is 1. The molecule has 1 aromatic carbocycles. The van der Waals surface area contributed by atoms with Gasteiger partial charge in [-0.15, -0.1) is 0 Å². The van der Waals surface area contributed by atoms with E-state index in [1.54, 1.807) is 24.3 Å². The molecule has 0 spiro atoms. The Balaban J connectivity index is 1.92. The van der Waals surface area contributed by atoms with E-state index >= 15 is 0 Å². The SMILES string of the molecule is CCCC(=O)OCC(CC)(COC(=O)CCN1CCN(C)CC1)COC(=O)c1ccccc1. The summed E-state index contributed by atoms with van der Waals surface area (Å²) in [6.07, 6.45) is 1.81. The Bertz CT molecular complexity index is 749. The van der Waals surface area contributed by atoms with Gasteiger partial charge in [-0.25, -0.2) is 4.79 Å². The predicted molar refractivity (Wildman–Crippen MR) is 125 cm³/mol. The molecular formula is C25H38N2O6. The molecule has 0 saturated carbocycles. The summed E-state index contributed by atoms with van der Waals surface area (Å²) in [5, 5.41) is 0. The van der Waals surface area contributed by atoms with Gasteiger partial charge in [0.25, 0.3) is 0 Å². The number of nitrogens with zero attached hydrogens (tertiary/aromatic N) is 2. The summed E-state index contributed by atoms with van der Waals surface area (Å²) in [6, 6.07) is 8.70. The molecule has 0 N–H and O–H groups in total. The molecule has 1 saturated heterocycles. The van der Waals surface area contributed by atoms with Crippen LogP contribution < -0.4 is 0 Å². The van der Waals surface area contributed by atoms with Crippen molar-refractivity contribution in [2.24, 2.45) is 5.41 Å². The highest BCUT2D eigenvalue weighted by atomic mass is 16.6. The minimum Gasteiger partial charge on any atom is -0.465 e. The van der Waals surface area contributed by atoms with Gasteiger partial charge in [-0.3, -0.25) is 9.59 Å². The lowest BCUT2D eigenvalue weighted by Gasteiger charge is -2.32. The van der Waals surface area contributed by atoms with E-state index in [0.29, 0.717) is 37.8 Å². The lowest BCUT2D eigenvalue weighted by atomic mass is 9.88. The van der Waals surface area contributed by atoms with Crippen LogP contribution in [0.4, 0.5) is 0 Å². The smallest absolute Gasteiger partial charge is 0.338 e. The minimum absolute atomic E-state index is 0.0115. The maximum Gasteiger partial charge on any atom is 0.338 e. The van der Waals surface area contributed by atoms with Crippen LogP contribution in [0.1, 0.15) is 49.9 Å². The van der Waals surface area contributed by atoms with Crippen LogP contribution in [0.2, 0.25) is 0 Å². The molecule has 0 aromatic heterocycles. The van der Waals surface area contributed by atoms with E-state index in [2.05, 4.69) is 16.8 Å². The molecular weight excluding hydrogens is 424 g/mol. The molecule has 0 aliphatic carbocycles. The van der Waals surface area contributed by atoms with Gasteiger partial charge in [-0.1, -0.05) is 32.0 Å². The topological polar surface area (TPSA) is 85.4 Å². The van der Waals surface area contributed by atoms with E-state index < -0.39 is 11.4 Å². The second kappa shape index (κ2) is 14.0. The fourth-order valence-corrected chi connectivity index (χ4v) is 3.44. The van der Waals surface area contributed by atoms with Crippen molar-refractivity contribution in [2.75, 3.05) is 59.6 Å². The van der Waals surface area contributed by atoms with Crippen molar-refractivity contribution in [3.63, 3.8) is 0 Å². The van der Waals surface area contributed by atoms with E-state index in [4.69, 9.17) is 14.2 Å². The monoisotopic (exact) mass is 462 g/mol. The molecule has 0 radical (unpaired) electrons. The molecule has 1 fully saturated rings. The van der Waals surface area contributed by atoms with Gasteiger partial charge in [0.15, 0.2) is 0 Å². The summed E-state index contributed by atoms with van der Waals surface area (Å²) in [6.45, 7) is 8.34. The Kier molecular flexibility index (Phi) is 11.3. The van der Waals surface area contributed by atoms with E-state index in [-0.39, 0.29) is 31.8 Å². The van der Waals surface area contributed by atoms with Gasteiger partial charge < -0.3 is 24.0 Å². The maximum absolute atomic E-state index is 12.4. The van der Waals surface area contributed by atoms with Crippen molar-refractivity contribution in [2.45, 2.75) is 39.5 Å². The number of ether oxygens (including phenoxy) is 3. The molecule has 2 rings (SSSR count). The molecule has 1 aliphatic rings. The highest BCUT2D eigenvalue weighted by Crippen LogP contribution is 2.25. The van der Waals surface area contributed by atoms with Crippen molar-refractivity contribution in [1.82, 2.24) is 9.80 Å². The molecule has 33 heavy (non-hydrogen) atoms. The first-order valence-electron chi connectivity index (χ1n) is 11.8. The summed E-state index contributed by atoms with van der Waals surface area (Å²) < 4.78 is 16.6. The summed E-state index contributed by atoms with van der Waals surface area (Å²) in [5.41, 5.74) is -0.355. The molecule has 1 aromatic rings. The van der Waals surface area contributed by atoms with Crippen LogP contribution in [0.15, 0.2) is 30.3 Å². The molecule has 8 nitrogen and oxygen atoms in total. The zero-order valence-corrected chi connectivity index (χ0v) is 20.2. The zero-order valence-electron chi connectivity index (χ0n) is 20.2. The zero-order chi connectivity index (χ0) is 24.1. The average Bonchev–Trinajstić information content (AvgIpc) is 2.84. The van der Waals surface area contributed by atoms with Gasteiger partial charge >= 0.3 is 17.9 Å². The van der Waals surface area contributed by atoms with Crippen LogP contribution >= 0.6 is 0 Å². The van der Waals surface area contributed by atoms with E-state index in [9.17, 15) is 14.4 Å². The first-order valence-corrected chi connectivity index (χ1v) is 11.8. The van der Waals surface area contributed by atoms with E-state index in [1.807, 2.05) is 19.9 Å². The number of likely N-dealkylation sites (N-methyl/N-ethyl adjacent to an activating group) is 1. The Morgan fingerprint density at radius 2 is 1.42 bits per heavy atom. The fraction of sp³-hybridized carbons (Fsp3) is 0.640. The molecule has 1 aliphatic heterocycles. The maximum atomic E-state index is 12.4. The normalized spacial score (nSPS) is 16.6. The lowest BCUT2D eigenvalue weighted by Crippen LogP contribution is -2.45. The van der Waals surface area contributed by atoms with Gasteiger partial charge in [0.05, 0.1) is 17.4 Å². The first-order chi connectivity index (χ1) is 15.9. The van der Waals surface area contributed by atoms with Crippen molar-refractivity contribution in [3.05, 3.63) is 35.9 Å². The van der Waals surface area contributed by atoms with Crippen LogP contribution in [0.25, 0.3) is 0 Å². The number of piperazine rings is 1. The predicted octanol–water partition coefficient (Wildman–Crippen LogP) is 2.76. The molecule has 1 heterocycles. The first kappa shape index (κ1) is 26.8. The Hall–Kier alpha value is -2.45. The van der Waals surface area contributed by atoms with Crippen LogP contribution in [-0.2, 0) is 23.8 Å². The number of rotatable bonds is 13. The number of carbonyl (C=O) groups excluding carboxylic acids is 3. The summed E-state index contributed by atoms with van der Waals surface area (Å²) in [5.74, 6) is -1.08. The lowest BCUT2D eigenvalue weighted by molar-refractivity contribution is -0.156. The Morgan fingerprint density at radius 3 is 2.00 bits per heavy atom. The number of hydrogen-bond donors (Lipinski definition) is 0.